The minimum atomic E-state index is -0.805. The van der Waals surface area contributed by atoms with Gasteiger partial charge in [-0.05, 0) is 25.2 Å². The summed E-state index contributed by atoms with van der Waals surface area (Å²) in [5.74, 6) is -0.256. The predicted octanol–water partition coefficient (Wildman–Crippen LogP) is 0.589. The highest BCUT2D eigenvalue weighted by Gasteiger charge is 2.41. The van der Waals surface area contributed by atoms with Gasteiger partial charge in [-0.2, -0.15) is 0 Å². The van der Waals surface area contributed by atoms with Crippen LogP contribution in [0.5, 0.6) is 0 Å². The molecule has 14 heavy (non-hydrogen) atoms. The number of aliphatic carboxylic acids is 1. The third-order valence-corrected chi connectivity index (χ3v) is 3.03. The lowest BCUT2D eigenvalue weighted by Crippen LogP contribution is -2.39. The van der Waals surface area contributed by atoms with Crippen molar-refractivity contribution in [3.63, 3.8) is 0 Å². The molecule has 4 heteroatoms. The molecular formula is C10H19NO3. The van der Waals surface area contributed by atoms with E-state index in [0.29, 0.717) is 25.2 Å². The van der Waals surface area contributed by atoms with Crippen molar-refractivity contribution in [3.05, 3.63) is 0 Å². The standard InChI is InChI=1S/C10H19NO3/c11-7-10(9(13)14,4-1-5-12)6-8-2-3-8/h8,12H,1-7,11H2,(H,13,14). The van der Waals surface area contributed by atoms with Gasteiger partial charge in [-0.15, -0.1) is 0 Å². The Balaban J connectivity index is 2.57. The first kappa shape index (κ1) is 11.5. The molecule has 1 atom stereocenters. The van der Waals surface area contributed by atoms with E-state index in [1.165, 1.54) is 0 Å². The highest BCUT2D eigenvalue weighted by molar-refractivity contribution is 5.75. The Kier molecular flexibility index (Phi) is 3.89. The smallest absolute Gasteiger partial charge is 0.310 e. The van der Waals surface area contributed by atoms with Gasteiger partial charge in [0.25, 0.3) is 0 Å². The molecule has 0 aromatic carbocycles. The predicted molar refractivity (Wildman–Crippen MR) is 52.8 cm³/mol. The van der Waals surface area contributed by atoms with Crippen LogP contribution in [0.3, 0.4) is 0 Å². The van der Waals surface area contributed by atoms with Gasteiger partial charge in [0.05, 0.1) is 5.41 Å². The first-order valence-electron chi connectivity index (χ1n) is 5.19. The molecule has 1 unspecified atom stereocenters. The lowest BCUT2D eigenvalue weighted by atomic mass is 9.78. The van der Waals surface area contributed by atoms with Crippen LogP contribution in [0.15, 0.2) is 0 Å². The summed E-state index contributed by atoms with van der Waals surface area (Å²) < 4.78 is 0. The third-order valence-electron chi connectivity index (χ3n) is 3.03. The molecule has 4 nitrogen and oxygen atoms in total. The van der Waals surface area contributed by atoms with Crippen LogP contribution in [0.2, 0.25) is 0 Å². The van der Waals surface area contributed by atoms with Gasteiger partial charge in [0.2, 0.25) is 0 Å². The largest absolute Gasteiger partial charge is 0.481 e. The lowest BCUT2D eigenvalue weighted by molar-refractivity contribution is -0.149. The Morgan fingerprint density at radius 1 is 1.50 bits per heavy atom. The number of carboxylic acid groups (broad SMARTS) is 1. The van der Waals surface area contributed by atoms with Gasteiger partial charge in [-0.1, -0.05) is 12.8 Å². The number of aliphatic hydroxyl groups excluding tert-OH is 1. The molecule has 0 aromatic rings. The number of aliphatic hydroxyl groups is 1. The molecule has 1 aliphatic carbocycles. The monoisotopic (exact) mass is 201 g/mol. The van der Waals surface area contributed by atoms with Crippen molar-refractivity contribution in [2.45, 2.75) is 32.1 Å². The molecule has 0 heterocycles. The van der Waals surface area contributed by atoms with Crippen molar-refractivity contribution in [2.24, 2.45) is 17.1 Å². The van der Waals surface area contributed by atoms with E-state index in [0.717, 1.165) is 12.8 Å². The third kappa shape index (κ3) is 2.69. The minimum absolute atomic E-state index is 0.0414. The van der Waals surface area contributed by atoms with Gasteiger partial charge >= 0.3 is 5.97 Å². The second kappa shape index (κ2) is 4.75. The van der Waals surface area contributed by atoms with E-state index in [9.17, 15) is 4.79 Å². The number of carboxylic acids is 1. The average molecular weight is 201 g/mol. The molecule has 0 bridgehead atoms. The molecule has 0 radical (unpaired) electrons. The summed E-state index contributed by atoms with van der Waals surface area (Å²) in [5.41, 5.74) is 4.78. The minimum Gasteiger partial charge on any atom is -0.481 e. The van der Waals surface area contributed by atoms with Crippen LogP contribution < -0.4 is 5.73 Å². The topological polar surface area (TPSA) is 83.5 Å². The summed E-state index contributed by atoms with van der Waals surface area (Å²) >= 11 is 0. The zero-order chi connectivity index (χ0) is 10.6. The molecule has 0 spiro atoms. The number of nitrogens with two attached hydrogens (primary N) is 1. The fraction of sp³-hybridized carbons (Fsp3) is 0.900. The molecule has 4 N–H and O–H groups in total. The zero-order valence-corrected chi connectivity index (χ0v) is 8.41. The Morgan fingerprint density at radius 2 is 2.14 bits per heavy atom. The molecule has 1 fully saturated rings. The Hall–Kier alpha value is -0.610. The van der Waals surface area contributed by atoms with E-state index in [1.54, 1.807) is 0 Å². The molecule has 1 rings (SSSR count). The van der Waals surface area contributed by atoms with E-state index in [4.69, 9.17) is 15.9 Å². The number of hydrogen-bond donors (Lipinski definition) is 3. The molecule has 1 aliphatic rings. The lowest BCUT2D eigenvalue weighted by Gasteiger charge is -2.27. The summed E-state index contributed by atoms with van der Waals surface area (Å²) in [7, 11) is 0. The van der Waals surface area contributed by atoms with Crippen LogP contribution >= 0.6 is 0 Å². The average Bonchev–Trinajstić information content (AvgIpc) is 2.95. The van der Waals surface area contributed by atoms with Crippen LogP contribution in [0.1, 0.15) is 32.1 Å². The van der Waals surface area contributed by atoms with Crippen molar-refractivity contribution < 1.29 is 15.0 Å². The van der Waals surface area contributed by atoms with Gasteiger partial charge in [-0.3, -0.25) is 4.79 Å². The number of rotatable bonds is 7. The van der Waals surface area contributed by atoms with E-state index >= 15 is 0 Å². The molecule has 0 amide bonds. The van der Waals surface area contributed by atoms with E-state index < -0.39 is 11.4 Å². The van der Waals surface area contributed by atoms with Gasteiger partial charge in [0, 0.05) is 13.2 Å². The Bertz CT molecular complexity index is 204. The van der Waals surface area contributed by atoms with Gasteiger partial charge in [0.15, 0.2) is 0 Å². The van der Waals surface area contributed by atoms with Crippen molar-refractivity contribution in [1.29, 1.82) is 0 Å². The van der Waals surface area contributed by atoms with E-state index in [-0.39, 0.29) is 13.2 Å². The highest BCUT2D eigenvalue weighted by Crippen LogP contribution is 2.42. The SMILES string of the molecule is NCC(CCCO)(CC1CC1)C(=O)O. The molecule has 0 saturated heterocycles. The van der Waals surface area contributed by atoms with Crippen LogP contribution in [0, 0.1) is 11.3 Å². The molecule has 0 aromatic heterocycles. The number of hydrogen-bond acceptors (Lipinski definition) is 3. The number of carbonyl (C=O) groups is 1. The van der Waals surface area contributed by atoms with E-state index in [2.05, 4.69) is 0 Å². The van der Waals surface area contributed by atoms with Gasteiger partial charge in [-0.25, -0.2) is 0 Å². The summed E-state index contributed by atoms with van der Waals surface area (Å²) in [5, 5.41) is 17.9. The van der Waals surface area contributed by atoms with E-state index in [1.807, 2.05) is 0 Å². The second-order valence-corrected chi connectivity index (χ2v) is 4.26. The maximum atomic E-state index is 11.2. The van der Waals surface area contributed by atoms with Crippen LogP contribution in [-0.2, 0) is 4.79 Å². The molecular weight excluding hydrogens is 182 g/mol. The molecule has 1 saturated carbocycles. The fourth-order valence-electron chi connectivity index (χ4n) is 1.86. The van der Waals surface area contributed by atoms with Crippen molar-refractivity contribution in [1.82, 2.24) is 0 Å². The summed E-state index contributed by atoms with van der Waals surface area (Å²) in [4.78, 5) is 11.2. The maximum Gasteiger partial charge on any atom is 0.310 e. The summed E-state index contributed by atoms with van der Waals surface area (Å²) in [6, 6.07) is 0. The fourth-order valence-corrected chi connectivity index (χ4v) is 1.86. The highest BCUT2D eigenvalue weighted by atomic mass is 16.4. The quantitative estimate of drug-likeness (QED) is 0.563. The first-order chi connectivity index (χ1) is 6.64. The Labute approximate surface area is 84.1 Å². The van der Waals surface area contributed by atoms with Crippen molar-refractivity contribution >= 4 is 5.97 Å². The van der Waals surface area contributed by atoms with Crippen LogP contribution in [-0.4, -0.2) is 29.3 Å². The van der Waals surface area contributed by atoms with Crippen LogP contribution in [0.25, 0.3) is 0 Å². The molecule has 82 valence electrons. The normalized spacial score (nSPS) is 20.4. The Morgan fingerprint density at radius 3 is 2.50 bits per heavy atom. The zero-order valence-electron chi connectivity index (χ0n) is 8.41. The first-order valence-corrected chi connectivity index (χ1v) is 5.19. The summed E-state index contributed by atoms with van der Waals surface area (Å²) in [6.07, 6.45) is 3.96. The van der Waals surface area contributed by atoms with Gasteiger partial charge < -0.3 is 15.9 Å². The second-order valence-electron chi connectivity index (χ2n) is 4.26. The summed E-state index contributed by atoms with van der Waals surface area (Å²) in [6.45, 7) is 0.221. The van der Waals surface area contributed by atoms with Crippen molar-refractivity contribution in [3.8, 4) is 0 Å². The van der Waals surface area contributed by atoms with Gasteiger partial charge in [0.1, 0.15) is 0 Å². The van der Waals surface area contributed by atoms with Crippen LogP contribution in [0.4, 0.5) is 0 Å². The van der Waals surface area contributed by atoms with Crippen molar-refractivity contribution in [2.75, 3.05) is 13.2 Å². The maximum absolute atomic E-state index is 11.2. The molecule has 0 aliphatic heterocycles.